The van der Waals surface area contributed by atoms with Gasteiger partial charge < -0.3 is 39.8 Å². The van der Waals surface area contributed by atoms with Crippen molar-refractivity contribution in [1.82, 2.24) is 10.6 Å². The maximum Gasteiger partial charge on any atom is 0.338 e. The molecule has 4 saturated carbocycles. The van der Waals surface area contributed by atoms with Gasteiger partial charge in [0.05, 0.1) is 30.0 Å². The molecule has 288 valence electrons. The summed E-state index contributed by atoms with van der Waals surface area (Å²) < 4.78 is 25.8. The molecule has 2 heterocycles. The largest absolute Gasteiger partial charge is 0.456 e. The number of carbonyl (C=O) groups excluding carboxylic acids is 3. The van der Waals surface area contributed by atoms with Crippen molar-refractivity contribution in [2.24, 2.45) is 29.1 Å². The monoisotopic (exact) mass is 732 g/mol. The van der Waals surface area contributed by atoms with E-state index in [4.69, 9.17) is 24.1 Å². The molecule has 1 aromatic carbocycles. The molecular formula is C42H56N2O9. The molecule has 6 fully saturated rings. The van der Waals surface area contributed by atoms with E-state index in [1.54, 1.807) is 18.2 Å². The lowest BCUT2D eigenvalue weighted by Crippen LogP contribution is -2.54. The molecule has 2 amide bonds. The van der Waals surface area contributed by atoms with Crippen LogP contribution < -0.4 is 10.6 Å². The summed E-state index contributed by atoms with van der Waals surface area (Å²) in [6, 6.07) is 6.33. The smallest absolute Gasteiger partial charge is 0.338 e. The molecule has 9 atom stereocenters. The van der Waals surface area contributed by atoms with E-state index in [1.165, 1.54) is 25.3 Å². The van der Waals surface area contributed by atoms with Gasteiger partial charge in [-0.05, 0) is 113 Å². The van der Waals surface area contributed by atoms with Crippen LogP contribution in [0.25, 0.3) is 6.08 Å². The Balaban J connectivity index is 0.988. The fraction of sp³-hybridized carbons (Fsp3) is 0.690. The molecule has 11 heteroatoms. The van der Waals surface area contributed by atoms with E-state index in [0.717, 1.165) is 50.5 Å². The Hall–Kier alpha value is -3.09. The van der Waals surface area contributed by atoms with Crippen molar-refractivity contribution in [2.45, 2.75) is 140 Å². The molecule has 7 aliphatic rings. The number of amides is 2. The van der Waals surface area contributed by atoms with Gasteiger partial charge in [-0.3, -0.25) is 9.59 Å². The van der Waals surface area contributed by atoms with Gasteiger partial charge in [-0.2, -0.15) is 0 Å². The van der Waals surface area contributed by atoms with Gasteiger partial charge in [0.2, 0.25) is 11.8 Å². The van der Waals surface area contributed by atoms with Crippen LogP contribution in [0.15, 0.2) is 41.5 Å². The molecule has 0 spiro atoms. The number of ether oxygens (including phenoxy) is 4. The first kappa shape index (κ1) is 36.9. The summed E-state index contributed by atoms with van der Waals surface area (Å²) in [5.41, 5.74) is 3.61. The predicted molar refractivity (Wildman–Crippen MR) is 195 cm³/mol. The highest BCUT2D eigenvalue weighted by Gasteiger charge is 2.64. The van der Waals surface area contributed by atoms with Gasteiger partial charge in [0.1, 0.15) is 24.4 Å². The van der Waals surface area contributed by atoms with E-state index in [0.29, 0.717) is 34.5 Å². The number of epoxide rings is 1. The minimum atomic E-state index is -1.24. The summed E-state index contributed by atoms with van der Waals surface area (Å²) in [7, 11) is 0. The number of aliphatic hydroxyl groups is 2. The van der Waals surface area contributed by atoms with Crippen LogP contribution in [0.1, 0.15) is 108 Å². The lowest BCUT2D eigenvalue weighted by atomic mass is 9.52. The third-order valence-corrected chi connectivity index (χ3v) is 13.3. The van der Waals surface area contributed by atoms with E-state index in [2.05, 4.69) is 37.5 Å². The number of esters is 1. The van der Waals surface area contributed by atoms with Crippen LogP contribution in [0, 0.1) is 29.1 Å². The van der Waals surface area contributed by atoms with E-state index in [1.807, 2.05) is 12.1 Å². The Bertz CT molecular complexity index is 1650. The molecule has 11 nitrogen and oxygen atoms in total. The Kier molecular flexibility index (Phi) is 9.66. The summed E-state index contributed by atoms with van der Waals surface area (Å²) >= 11 is 0. The topological polar surface area (TPSA) is 156 Å². The highest BCUT2D eigenvalue weighted by molar-refractivity contribution is 5.97. The van der Waals surface area contributed by atoms with Crippen LogP contribution in [0.4, 0.5) is 0 Å². The number of hydrogen-bond acceptors (Lipinski definition) is 9. The molecule has 53 heavy (non-hydrogen) atoms. The molecule has 4 N–H and O–H groups in total. The Labute approximate surface area is 312 Å². The van der Waals surface area contributed by atoms with E-state index in [9.17, 15) is 19.5 Å². The van der Waals surface area contributed by atoms with Gasteiger partial charge in [0.25, 0.3) is 0 Å². The summed E-state index contributed by atoms with van der Waals surface area (Å²) in [5.74, 6) is -0.677. The second kappa shape index (κ2) is 13.9. The molecule has 0 bridgehead atoms. The first-order chi connectivity index (χ1) is 25.3. The van der Waals surface area contributed by atoms with E-state index < -0.39 is 54.0 Å². The van der Waals surface area contributed by atoms with Crippen LogP contribution >= 0.6 is 0 Å². The molecule has 5 aliphatic carbocycles. The maximum atomic E-state index is 13.8. The maximum absolute atomic E-state index is 13.8. The normalized spacial score (nSPS) is 35.7. The van der Waals surface area contributed by atoms with Crippen LogP contribution in [0.5, 0.6) is 0 Å². The number of allylic oxidation sites excluding steroid dienone is 1. The van der Waals surface area contributed by atoms with Crippen LogP contribution in [-0.2, 0) is 28.5 Å². The quantitative estimate of drug-likeness (QED) is 0.189. The summed E-state index contributed by atoms with van der Waals surface area (Å²) in [6.07, 6.45) is 10.8. The summed E-state index contributed by atoms with van der Waals surface area (Å²) in [4.78, 5) is 40.1. The van der Waals surface area contributed by atoms with Crippen molar-refractivity contribution < 1.29 is 43.5 Å². The van der Waals surface area contributed by atoms with Crippen LogP contribution in [0.3, 0.4) is 0 Å². The second-order valence-corrected chi connectivity index (χ2v) is 17.7. The van der Waals surface area contributed by atoms with Gasteiger partial charge in [-0.25, -0.2) is 4.79 Å². The number of nitrogens with one attached hydrogen (secondary N) is 2. The lowest BCUT2D eigenvalue weighted by Gasteiger charge is -2.53. The third kappa shape index (κ3) is 7.24. The predicted octanol–water partition coefficient (Wildman–Crippen LogP) is 4.59. The zero-order valence-corrected chi connectivity index (χ0v) is 31.5. The average molecular weight is 733 g/mol. The zero-order valence-electron chi connectivity index (χ0n) is 31.5. The van der Waals surface area contributed by atoms with Crippen LogP contribution in [0.2, 0.25) is 0 Å². The molecule has 1 aromatic rings. The number of benzene rings is 1. The molecule has 9 unspecified atom stereocenters. The first-order valence-corrected chi connectivity index (χ1v) is 19.9. The van der Waals surface area contributed by atoms with Crippen LogP contribution in [-0.4, -0.2) is 89.1 Å². The summed E-state index contributed by atoms with van der Waals surface area (Å²) in [6.45, 7) is 8.18. The number of hydrogen-bond donors (Lipinski definition) is 4. The number of fused-ring (bicyclic) bond motifs is 3. The van der Waals surface area contributed by atoms with Gasteiger partial charge in [0, 0.05) is 30.4 Å². The Morgan fingerprint density at radius 1 is 1.00 bits per heavy atom. The molecular weight excluding hydrogens is 676 g/mol. The first-order valence-electron chi connectivity index (χ1n) is 19.9. The van der Waals surface area contributed by atoms with Crippen molar-refractivity contribution in [2.75, 3.05) is 13.2 Å². The van der Waals surface area contributed by atoms with Crippen molar-refractivity contribution in [3.05, 3.63) is 52.6 Å². The third-order valence-electron chi connectivity index (χ3n) is 13.3. The molecule has 0 aromatic heterocycles. The fourth-order valence-corrected chi connectivity index (χ4v) is 9.84. The van der Waals surface area contributed by atoms with Gasteiger partial charge in [-0.1, -0.05) is 37.6 Å². The number of carbonyl (C=O) groups is 3. The standard InChI is InChI=1S/C42H56N2O9/c1-23(46)35(38(48)43-17-18-45)44-37(47)27-20-32(36-33(21-27)51-42(53-36,28-10-11-28)29-12-13-29)50-39(49)25-7-5-24(6-8-25)19-26-9-14-34-41(4,52-34)16-15-31-30(26)22-40(31,2)3/h5-8,19,21,23,28-36,45-46H,9-18,20,22H2,1-4H3,(H,43,48)(H,44,47). The zero-order chi connectivity index (χ0) is 37.3. The van der Waals surface area contributed by atoms with Crippen molar-refractivity contribution in [1.29, 1.82) is 0 Å². The lowest BCUT2D eigenvalue weighted by molar-refractivity contribution is -0.209. The van der Waals surface area contributed by atoms with Gasteiger partial charge in [0.15, 0.2) is 5.79 Å². The number of rotatable bonds is 11. The van der Waals surface area contributed by atoms with E-state index >= 15 is 0 Å². The van der Waals surface area contributed by atoms with Gasteiger partial charge in [-0.15, -0.1) is 0 Å². The highest BCUT2D eigenvalue weighted by atomic mass is 16.8. The summed E-state index contributed by atoms with van der Waals surface area (Å²) in [5, 5.41) is 24.6. The number of aliphatic hydroxyl groups excluding tert-OH is 2. The average Bonchev–Trinajstić information content (AvgIpc) is 4.03. The van der Waals surface area contributed by atoms with Crippen molar-refractivity contribution >= 4 is 23.9 Å². The van der Waals surface area contributed by atoms with E-state index in [-0.39, 0.29) is 37.0 Å². The fourth-order valence-electron chi connectivity index (χ4n) is 9.84. The SMILES string of the molecule is CC(O)C(NC(=O)C1=CC2OC(C3CC3)(C3CC3)OC2C(OC(=O)c2ccc(C=C3CCC4OC4(C)CCC4C3CC4(C)C)cc2)C1)C(=O)NCCO. The molecule has 0 radical (unpaired) electrons. The second-order valence-electron chi connectivity index (χ2n) is 17.7. The van der Waals surface area contributed by atoms with Gasteiger partial charge >= 0.3 is 5.97 Å². The molecule has 2 saturated heterocycles. The van der Waals surface area contributed by atoms with Crippen molar-refractivity contribution in [3.63, 3.8) is 0 Å². The molecule has 2 aliphatic heterocycles. The minimum Gasteiger partial charge on any atom is -0.456 e. The Morgan fingerprint density at radius 2 is 1.72 bits per heavy atom. The Morgan fingerprint density at radius 3 is 2.36 bits per heavy atom. The van der Waals surface area contributed by atoms with Crippen molar-refractivity contribution in [3.8, 4) is 0 Å². The molecule has 8 rings (SSSR count). The minimum absolute atomic E-state index is 0.00880. The highest BCUT2D eigenvalue weighted by Crippen LogP contribution is 2.61.